The molecule has 2 heterocycles. The first kappa shape index (κ1) is 13.4. The van der Waals surface area contributed by atoms with Crippen molar-refractivity contribution in [2.24, 2.45) is 0 Å². The summed E-state index contributed by atoms with van der Waals surface area (Å²) in [5, 5.41) is 3.29. The highest BCUT2D eigenvalue weighted by molar-refractivity contribution is 5.46. The number of hydrogen-bond acceptors (Lipinski definition) is 5. The second kappa shape index (κ2) is 5.27. The van der Waals surface area contributed by atoms with Crippen molar-refractivity contribution in [2.45, 2.75) is 32.9 Å². The quantitative estimate of drug-likeness (QED) is 0.862. The van der Waals surface area contributed by atoms with Crippen LogP contribution in [0.2, 0.25) is 0 Å². The van der Waals surface area contributed by atoms with Gasteiger partial charge in [-0.05, 0) is 20.8 Å². The highest BCUT2D eigenvalue weighted by atomic mass is 16.1. The van der Waals surface area contributed by atoms with Crippen molar-refractivity contribution < 1.29 is 0 Å². The van der Waals surface area contributed by atoms with Gasteiger partial charge in [-0.25, -0.2) is 9.97 Å². The molecule has 0 aliphatic rings. The topological polar surface area (TPSA) is 83.6 Å². The summed E-state index contributed by atoms with van der Waals surface area (Å²) >= 11 is 0. The van der Waals surface area contributed by atoms with Crippen LogP contribution in [-0.2, 0) is 6.54 Å². The Labute approximate surface area is 111 Å². The van der Waals surface area contributed by atoms with Crippen molar-refractivity contribution in [3.63, 3.8) is 0 Å². The van der Waals surface area contributed by atoms with E-state index in [1.807, 2.05) is 0 Å². The lowest BCUT2D eigenvalue weighted by atomic mass is 10.1. The average molecular weight is 259 g/mol. The van der Waals surface area contributed by atoms with E-state index in [0.29, 0.717) is 23.8 Å². The number of H-pyrrole nitrogens is 1. The fourth-order valence-electron chi connectivity index (χ4n) is 1.50. The van der Waals surface area contributed by atoms with Crippen LogP contribution in [0, 0.1) is 0 Å². The van der Waals surface area contributed by atoms with E-state index in [4.69, 9.17) is 0 Å². The Balaban J connectivity index is 2.28. The predicted octanol–water partition coefficient (Wildman–Crippen LogP) is 1.11. The Hall–Kier alpha value is -2.08. The molecule has 0 amide bonds. The molecular weight excluding hydrogens is 242 g/mol. The normalized spacial score (nSPS) is 11.5. The molecule has 6 heteroatoms. The van der Waals surface area contributed by atoms with Crippen molar-refractivity contribution in [3.8, 4) is 11.5 Å². The first-order valence-corrected chi connectivity index (χ1v) is 6.06. The zero-order valence-electron chi connectivity index (χ0n) is 11.3. The summed E-state index contributed by atoms with van der Waals surface area (Å²) in [7, 11) is 0. The number of nitrogens with one attached hydrogen (secondary N) is 2. The van der Waals surface area contributed by atoms with Crippen molar-refractivity contribution in [3.05, 3.63) is 40.7 Å². The second-order valence-corrected chi connectivity index (χ2v) is 5.28. The molecular formula is C13H17N5O. The van der Waals surface area contributed by atoms with Crippen LogP contribution < -0.4 is 10.9 Å². The van der Waals surface area contributed by atoms with E-state index in [1.165, 1.54) is 6.07 Å². The molecule has 0 spiro atoms. The maximum absolute atomic E-state index is 11.6. The second-order valence-electron chi connectivity index (χ2n) is 5.28. The molecule has 0 bridgehead atoms. The molecule has 2 aromatic heterocycles. The van der Waals surface area contributed by atoms with E-state index >= 15 is 0 Å². The zero-order valence-corrected chi connectivity index (χ0v) is 11.3. The van der Waals surface area contributed by atoms with Gasteiger partial charge in [0.05, 0.1) is 11.9 Å². The molecule has 6 nitrogen and oxygen atoms in total. The Morgan fingerprint density at radius 2 is 2.11 bits per heavy atom. The molecule has 0 aromatic carbocycles. The minimum Gasteiger partial charge on any atom is -0.306 e. The van der Waals surface area contributed by atoms with E-state index in [2.05, 4.69) is 46.0 Å². The van der Waals surface area contributed by atoms with Gasteiger partial charge in [-0.1, -0.05) is 0 Å². The molecule has 0 saturated heterocycles. The first-order valence-electron chi connectivity index (χ1n) is 6.06. The van der Waals surface area contributed by atoms with Crippen LogP contribution in [-0.4, -0.2) is 25.5 Å². The number of aromatic amines is 1. The molecule has 0 radical (unpaired) electrons. The first-order chi connectivity index (χ1) is 8.94. The highest BCUT2D eigenvalue weighted by Gasteiger charge is 2.10. The van der Waals surface area contributed by atoms with E-state index in [1.54, 1.807) is 18.6 Å². The van der Waals surface area contributed by atoms with Crippen molar-refractivity contribution >= 4 is 0 Å². The van der Waals surface area contributed by atoms with Crippen LogP contribution in [0.5, 0.6) is 0 Å². The molecule has 19 heavy (non-hydrogen) atoms. The molecule has 0 aliphatic carbocycles. The predicted molar refractivity (Wildman–Crippen MR) is 72.5 cm³/mol. The summed E-state index contributed by atoms with van der Waals surface area (Å²) in [5.41, 5.74) is 1.01. The van der Waals surface area contributed by atoms with Crippen LogP contribution in [0.4, 0.5) is 0 Å². The van der Waals surface area contributed by atoms with Gasteiger partial charge >= 0.3 is 0 Å². The summed E-state index contributed by atoms with van der Waals surface area (Å²) in [6.07, 6.45) is 4.71. The zero-order chi connectivity index (χ0) is 13.9. The number of rotatable bonds is 3. The van der Waals surface area contributed by atoms with E-state index < -0.39 is 0 Å². The third-order valence-corrected chi connectivity index (χ3v) is 2.40. The lowest BCUT2D eigenvalue weighted by Crippen LogP contribution is -2.35. The van der Waals surface area contributed by atoms with Gasteiger partial charge < -0.3 is 10.3 Å². The van der Waals surface area contributed by atoms with Crippen LogP contribution in [0.15, 0.2) is 29.5 Å². The summed E-state index contributed by atoms with van der Waals surface area (Å²) in [6.45, 7) is 6.71. The fraction of sp³-hybridized carbons (Fsp3) is 0.385. The number of nitrogens with zero attached hydrogens (tertiary/aromatic N) is 3. The van der Waals surface area contributed by atoms with Crippen molar-refractivity contribution in [1.82, 2.24) is 25.3 Å². The monoisotopic (exact) mass is 259 g/mol. The van der Waals surface area contributed by atoms with Gasteiger partial charge in [-0.3, -0.25) is 9.78 Å². The standard InChI is InChI=1S/C13H17N5O/c1-13(2,3)16-7-9-6-11(19)18-12(17-9)10-8-14-4-5-15-10/h4-6,8,16H,7H2,1-3H3,(H,17,18,19). The molecule has 0 aliphatic heterocycles. The fourth-order valence-corrected chi connectivity index (χ4v) is 1.50. The Bertz CT molecular complexity index is 600. The molecule has 0 fully saturated rings. The van der Waals surface area contributed by atoms with Gasteiger partial charge in [0.25, 0.3) is 5.56 Å². The Morgan fingerprint density at radius 3 is 2.74 bits per heavy atom. The van der Waals surface area contributed by atoms with Crippen LogP contribution >= 0.6 is 0 Å². The van der Waals surface area contributed by atoms with Crippen molar-refractivity contribution in [1.29, 1.82) is 0 Å². The lowest BCUT2D eigenvalue weighted by Gasteiger charge is -2.20. The molecule has 0 atom stereocenters. The number of aromatic nitrogens is 4. The minimum absolute atomic E-state index is 0.0308. The molecule has 0 saturated carbocycles. The summed E-state index contributed by atoms with van der Waals surface area (Å²) in [5.74, 6) is 0.436. The summed E-state index contributed by atoms with van der Waals surface area (Å²) < 4.78 is 0. The molecule has 2 N–H and O–H groups in total. The molecule has 2 rings (SSSR count). The molecule has 2 aromatic rings. The van der Waals surface area contributed by atoms with E-state index in [-0.39, 0.29) is 11.1 Å². The highest BCUT2D eigenvalue weighted by Crippen LogP contribution is 2.08. The van der Waals surface area contributed by atoms with Gasteiger partial charge in [0, 0.05) is 30.5 Å². The van der Waals surface area contributed by atoms with Crippen molar-refractivity contribution in [2.75, 3.05) is 0 Å². The Morgan fingerprint density at radius 1 is 1.32 bits per heavy atom. The average Bonchev–Trinajstić information content (AvgIpc) is 2.36. The third kappa shape index (κ3) is 3.96. The van der Waals surface area contributed by atoms with Gasteiger partial charge in [-0.15, -0.1) is 0 Å². The van der Waals surface area contributed by atoms with Crippen LogP contribution in [0.3, 0.4) is 0 Å². The van der Waals surface area contributed by atoms with Crippen LogP contribution in [0.1, 0.15) is 26.5 Å². The largest absolute Gasteiger partial charge is 0.306 e. The van der Waals surface area contributed by atoms with Gasteiger partial charge in [0.1, 0.15) is 5.69 Å². The molecule has 0 unspecified atom stereocenters. The van der Waals surface area contributed by atoms with Gasteiger partial charge in [-0.2, -0.15) is 0 Å². The summed E-state index contributed by atoms with van der Waals surface area (Å²) in [4.78, 5) is 26.8. The molecule has 100 valence electrons. The van der Waals surface area contributed by atoms with Gasteiger partial charge in [0.15, 0.2) is 5.82 Å². The van der Waals surface area contributed by atoms with Crippen LogP contribution in [0.25, 0.3) is 11.5 Å². The van der Waals surface area contributed by atoms with Gasteiger partial charge in [0.2, 0.25) is 0 Å². The van der Waals surface area contributed by atoms with E-state index in [9.17, 15) is 4.79 Å². The SMILES string of the molecule is CC(C)(C)NCc1cc(=O)[nH]c(-c2cnccn2)n1. The third-order valence-electron chi connectivity index (χ3n) is 2.40. The number of hydrogen-bond donors (Lipinski definition) is 2. The minimum atomic E-state index is -0.193. The maximum atomic E-state index is 11.6. The smallest absolute Gasteiger partial charge is 0.251 e. The Kier molecular flexibility index (Phi) is 3.71. The summed E-state index contributed by atoms with van der Waals surface area (Å²) in [6, 6.07) is 1.48. The van der Waals surface area contributed by atoms with E-state index in [0.717, 1.165) is 0 Å². The lowest BCUT2D eigenvalue weighted by molar-refractivity contribution is 0.421. The maximum Gasteiger partial charge on any atom is 0.251 e.